The van der Waals surface area contributed by atoms with Crippen molar-refractivity contribution in [2.75, 3.05) is 33.2 Å². The number of likely N-dealkylation sites (N-methyl/N-ethyl adjacent to an activating group) is 1. The number of nitrogens with zero attached hydrogens (tertiary/aromatic N) is 2. The van der Waals surface area contributed by atoms with E-state index in [1.165, 1.54) is 9.71 Å². The Morgan fingerprint density at radius 3 is 2.65 bits per heavy atom. The second kappa shape index (κ2) is 6.49. The van der Waals surface area contributed by atoms with Crippen molar-refractivity contribution in [3.63, 3.8) is 0 Å². The van der Waals surface area contributed by atoms with Gasteiger partial charge in [-0.05, 0) is 18.7 Å². The minimum atomic E-state index is -3.42. The van der Waals surface area contributed by atoms with Crippen molar-refractivity contribution < 1.29 is 8.42 Å². The number of benzene rings is 1. The highest BCUT2D eigenvalue weighted by Crippen LogP contribution is 2.15. The van der Waals surface area contributed by atoms with Gasteiger partial charge in [-0.25, -0.2) is 8.42 Å². The highest BCUT2D eigenvalue weighted by Gasteiger charge is 2.31. The zero-order valence-electron chi connectivity index (χ0n) is 11.6. The first-order valence-electron chi connectivity index (χ1n) is 6.66. The van der Waals surface area contributed by atoms with Crippen molar-refractivity contribution in [3.05, 3.63) is 41.3 Å². The third-order valence-electron chi connectivity index (χ3n) is 3.46. The summed E-state index contributed by atoms with van der Waals surface area (Å²) >= 11 is 0. The van der Waals surface area contributed by atoms with Crippen molar-refractivity contribution in [3.8, 4) is 0 Å². The van der Waals surface area contributed by atoms with Crippen LogP contribution in [0.15, 0.2) is 35.7 Å². The van der Waals surface area contributed by atoms with Gasteiger partial charge in [-0.1, -0.05) is 30.3 Å². The number of nitrogens with two attached hydrogens (primary N) is 1. The second-order valence-electron chi connectivity index (χ2n) is 5.02. The van der Waals surface area contributed by atoms with E-state index in [0.29, 0.717) is 19.6 Å². The first-order valence-corrected chi connectivity index (χ1v) is 8.17. The molecule has 5 nitrogen and oxygen atoms in total. The van der Waals surface area contributed by atoms with Crippen LogP contribution in [0.25, 0.3) is 6.08 Å². The Kier molecular flexibility index (Phi) is 4.93. The zero-order chi connectivity index (χ0) is 14.6. The van der Waals surface area contributed by atoms with Gasteiger partial charge in [0.05, 0.1) is 6.04 Å². The lowest BCUT2D eigenvalue weighted by Gasteiger charge is -2.37. The molecule has 110 valence electrons. The third-order valence-corrected chi connectivity index (χ3v) is 5.08. The van der Waals surface area contributed by atoms with Gasteiger partial charge in [0.15, 0.2) is 0 Å². The summed E-state index contributed by atoms with van der Waals surface area (Å²) in [5, 5.41) is 1.27. The van der Waals surface area contributed by atoms with Gasteiger partial charge >= 0.3 is 0 Å². The first-order chi connectivity index (χ1) is 9.53. The predicted molar refractivity (Wildman–Crippen MR) is 81.4 cm³/mol. The monoisotopic (exact) mass is 295 g/mol. The van der Waals surface area contributed by atoms with E-state index in [4.69, 9.17) is 5.73 Å². The molecule has 2 N–H and O–H groups in total. The first kappa shape index (κ1) is 15.2. The fourth-order valence-electron chi connectivity index (χ4n) is 2.33. The Bertz CT molecular complexity index is 557. The summed E-state index contributed by atoms with van der Waals surface area (Å²) in [5.74, 6) is 0. The minimum Gasteiger partial charge on any atom is -0.329 e. The molecule has 1 aromatic rings. The highest BCUT2D eigenvalue weighted by molar-refractivity contribution is 7.92. The van der Waals surface area contributed by atoms with Crippen molar-refractivity contribution in [1.29, 1.82) is 0 Å². The smallest absolute Gasteiger partial charge is 0.236 e. The largest absolute Gasteiger partial charge is 0.329 e. The SMILES string of the molecule is CN1CCN(S(=O)(=O)/C=C/c2ccccc2)C(CN)C1. The number of hydrogen-bond donors (Lipinski definition) is 1. The number of rotatable bonds is 4. The van der Waals surface area contributed by atoms with E-state index in [-0.39, 0.29) is 6.04 Å². The molecule has 1 unspecified atom stereocenters. The van der Waals surface area contributed by atoms with Crippen LogP contribution >= 0.6 is 0 Å². The molecule has 1 saturated heterocycles. The average molecular weight is 295 g/mol. The second-order valence-corrected chi connectivity index (χ2v) is 6.79. The van der Waals surface area contributed by atoms with Crippen LogP contribution in [0.5, 0.6) is 0 Å². The van der Waals surface area contributed by atoms with E-state index in [1.54, 1.807) is 6.08 Å². The summed E-state index contributed by atoms with van der Waals surface area (Å²) in [6.45, 7) is 2.23. The molecule has 6 heteroatoms. The molecule has 0 aromatic heterocycles. The maximum absolute atomic E-state index is 12.4. The molecule has 0 aliphatic carbocycles. The Hall–Kier alpha value is -1.21. The van der Waals surface area contributed by atoms with Crippen molar-refractivity contribution in [2.24, 2.45) is 5.73 Å². The van der Waals surface area contributed by atoms with Crippen LogP contribution in [0.4, 0.5) is 0 Å². The zero-order valence-corrected chi connectivity index (χ0v) is 12.5. The van der Waals surface area contributed by atoms with E-state index in [1.807, 2.05) is 37.4 Å². The topological polar surface area (TPSA) is 66.6 Å². The maximum Gasteiger partial charge on any atom is 0.236 e. The minimum absolute atomic E-state index is 0.154. The Labute approximate surface area is 120 Å². The molecule has 0 spiro atoms. The molecule has 1 atom stereocenters. The van der Waals surface area contributed by atoms with Crippen LogP contribution < -0.4 is 5.73 Å². The molecule has 1 heterocycles. The van der Waals surface area contributed by atoms with Crippen LogP contribution in [-0.2, 0) is 10.0 Å². The molecule has 0 radical (unpaired) electrons. The van der Waals surface area contributed by atoms with E-state index in [2.05, 4.69) is 4.90 Å². The summed E-state index contributed by atoms with van der Waals surface area (Å²) in [6, 6.07) is 9.25. The van der Waals surface area contributed by atoms with Crippen molar-refractivity contribution in [2.45, 2.75) is 6.04 Å². The van der Waals surface area contributed by atoms with Gasteiger partial charge in [0.25, 0.3) is 0 Å². The molecule has 0 saturated carbocycles. The number of hydrogen-bond acceptors (Lipinski definition) is 4. The molecule has 1 fully saturated rings. The van der Waals surface area contributed by atoms with Crippen molar-refractivity contribution in [1.82, 2.24) is 9.21 Å². The van der Waals surface area contributed by atoms with Gasteiger partial charge in [0.2, 0.25) is 10.0 Å². The fraction of sp³-hybridized carbons (Fsp3) is 0.429. The molecule has 1 aliphatic rings. The third kappa shape index (κ3) is 3.67. The Balaban J connectivity index is 2.15. The summed E-state index contributed by atoms with van der Waals surface area (Å²) in [5.41, 5.74) is 6.57. The summed E-state index contributed by atoms with van der Waals surface area (Å²) in [6.07, 6.45) is 1.63. The van der Waals surface area contributed by atoms with Crippen molar-refractivity contribution >= 4 is 16.1 Å². The van der Waals surface area contributed by atoms with E-state index >= 15 is 0 Å². The molecule has 2 rings (SSSR count). The molecular formula is C14H21N3O2S. The van der Waals surface area contributed by atoms with Gasteiger partial charge in [-0.2, -0.15) is 4.31 Å². The highest BCUT2D eigenvalue weighted by atomic mass is 32.2. The molecule has 1 aromatic carbocycles. The molecule has 1 aliphatic heterocycles. The van der Waals surface area contributed by atoms with Gasteiger partial charge in [0.1, 0.15) is 0 Å². The summed E-state index contributed by atoms with van der Waals surface area (Å²) in [4.78, 5) is 2.10. The van der Waals surface area contributed by atoms with E-state index in [0.717, 1.165) is 12.1 Å². The molecular weight excluding hydrogens is 274 g/mol. The van der Waals surface area contributed by atoms with Crippen LogP contribution in [0.2, 0.25) is 0 Å². The standard InChI is InChI=1S/C14H21N3O2S/c1-16-8-9-17(14(11-15)12-16)20(18,19)10-7-13-5-3-2-4-6-13/h2-7,10,14H,8-9,11-12,15H2,1H3/b10-7+. The van der Waals surface area contributed by atoms with Gasteiger partial charge < -0.3 is 10.6 Å². The Morgan fingerprint density at radius 2 is 2.00 bits per heavy atom. The lowest BCUT2D eigenvalue weighted by molar-refractivity contribution is 0.165. The lowest BCUT2D eigenvalue weighted by atomic mass is 10.2. The van der Waals surface area contributed by atoms with Gasteiger partial charge in [-0.3, -0.25) is 0 Å². The molecule has 0 amide bonds. The molecule has 0 bridgehead atoms. The van der Waals surface area contributed by atoms with E-state index in [9.17, 15) is 8.42 Å². The number of sulfonamides is 1. The van der Waals surface area contributed by atoms with Gasteiger partial charge in [-0.15, -0.1) is 0 Å². The average Bonchev–Trinajstić information content (AvgIpc) is 2.46. The normalized spacial score (nSPS) is 22.4. The van der Waals surface area contributed by atoms with E-state index < -0.39 is 10.0 Å². The maximum atomic E-state index is 12.4. The number of piperazine rings is 1. The fourth-order valence-corrected chi connectivity index (χ4v) is 3.72. The predicted octanol–water partition coefficient (Wildman–Crippen LogP) is 0.562. The molecule has 20 heavy (non-hydrogen) atoms. The lowest BCUT2D eigenvalue weighted by Crippen LogP contribution is -2.56. The summed E-state index contributed by atoms with van der Waals surface area (Å²) < 4.78 is 26.3. The van der Waals surface area contributed by atoms with Crippen LogP contribution in [0.3, 0.4) is 0 Å². The van der Waals surface area contributed by atoms with Crippen LogP contribution in [0, 0.1) is 0 Å². The van der Waals surface area contributed by atoms with Crippen LogP contribution in [-0.4, -0.2) is 56.9 Å². The summed E-state index contributed by atoms with van der Waals surface area (Å²) in [7, 11) is -1.44. The Morgan fingerprint density at radius 1 is 1.30 bits per heavy atom. The van der Waals surface area contributed by atoms with Gasteiger partial charge in [0, 0.05) is 31.6 Å². The quantitative estimate of drug-likeness (QED) is 0.881. The van der Waals surface area contributed by atoms with Crippen LogP contribution in [0.1, 0.15) is 5.56 Å².